The van der Waals surface area contributed by atoms with Gasteiger partial charge in [-0.05, 0) is 35.7 Å². The van der Waals surface area contributed by atoms with E-state index < -0.39 is 0 Å². The maximum absolute atomic E-state index is 6.27. The summed E-state index contributed by atoms with van der Waals surface area (Å²) in [6, 6.07) is 16.7. The molecule has 0 fully saturated rings. The highest BCUT2D eigenvalue weighted by Gasteiger charge is 2.24. The number of benzene rings is 2. The van der Waals surface area contributed by atoms with Gasteiger partial charge in [-0.1, -0.05) is 46.3 Å². The molecule has 0 amide bonds. The Labute approximate surface area is 128 Å². The minimum atomic E-state index is 0.135. The molecule has 0 aromatic heterocycles. The average Bonchev–Trinajstić information content (AvgIpc) is 2.83. The highest BCUT2D eigenvalue weighted by molar-refractivity contribution is 9.10. The normalized spacial score (nSPS) is 18.4. The molecule has 0 saturated heterocycles. The average molecular weight is 332 g/mol. The molecule has 0 bridgehead atoms. The summed E-state index contributed by atoms with van der Waals surface area (Å²) >= 11 is 3.45. The second-order valence-corrected chi connectivity index (χ2v) is 6.29. The van der Waals surface area contributed by atoms with Gasteiger partial charge in [-0.25, -0.2) is 0 Å². The fourth-order valence-electron chi connectivity index (χ4n) is 2.73. The van der Waals surface area contributed by atoms with Crippen molar-refractivity contribution < 1.29 is 4.74 Å². The highest BCUT2D eigenvalue weighted by atomic mass is 79.9. The lowest BCUT2D eigenvalue weighted by molar-refractivity contribution is 0.210. The number of hydrogen-bond acceptors (Lipinski definition) is 2. The first-order valence-corrected chi connectivity index (χ1v) is 7.74. The van der Waals surface area contributed by atoms with E-state index >= 15 is 0 Å². The Balaban J connectivity index is 1.55. The van der Waals surface area contributed by atoms with E-state index in [0.717, 1.165) is 29.5 Å². The number of rotatable bonds is 4. The molecule has 20 heavy (non-hydrogen) atoms. The molecular weight excluding hydrogens is 314 g/mol. The van der Waals surface area contributed by atoms with Crippen molar-refractivity contribution in [3.8, 4) is 5.75 Å². The van der Waals surface area contributed by atoms with Crippen LogP contribution in [-0.2, 0) is 12.8 Å². The van der Waals surface area contributed by atoms with Gasteiger partial charge in [0.25, 0.3) is 0 Å². The van der Waals surface area contributed by atoms with E-state index in [1.54, 1.807) is 0 Å². The third-order valence-corrected chi connectivity index (χ3v) is 4.22. The van der Waals surface area contributed by atoms with Gasteiger partial charge in [-0.2, -0.15) is 0 Å². The van der Waals surface area contributed by atoms with Crippen LogP contribution in [0.3, 0.4) is 0 Å². The summed E-state index contributed by atoms with van der Waals surface area (Å²) in [4.78, 5) is 0. The molecule has 2 nitrogen and oxygen atoms in total. The molecule has 3 rings (SSSR count). The number of halogens is 1. The Morgan fingerprint density at radius 1 is 1.15 bits per heavy atom. The Morgan fingerprint density at radius 3 is 2.65 bits per heavy atom. The molecule has 2 aromatic carbocycles. The Hall–Kier alpha value is -1.32. The van der Waals surface area contributed by atoms with Gasteiger partial charge in [0.15, 0.2) is 0 Å². The molecule has 2 N–H and O–H groups in total. The Morgan fingerprint density at radius 2 is 1.90 bits per heavy atom. The van der Waals surface area contributed by atoms with E-state index in [9.17, 15) is 0 Å². The third kappa shape index (κ3) is 3.22. The van der Waals surface area contributed by atoms with Crippen LogP contribution >= 0.6 is 15.9 Å². The summed E-state index contributed by atoms with van der Waals surface area (Å²) in [6.45, 7) is 0. The van der Waals surface area contributed by atoms with Gasteiger partial charge in [0.1, 0.15) is 11.9 Å². The number of para-hydroxylation sites is 1. The Bertz CT molecular complexity index is 557. The summed E-state index contributed by atoms with van der Waals surface area (Å²) in [5.41, 5.74) is 8.84. The first-order chi connectivity index (χ1) is 9.70. The van der Waals surface area contributed by atoms with Crippen LogP contribution in [0.4, 0.5) is 0 Å². The second-order valence-electron chi connectivity index (χ2n) is 5.38. The van der Waals surface area contributed by atoms with E-state index in [1.165, 1.54) is 11.1 Å². The van der Waals surface area contributed by atoms with Crippen LogP contribution in [-0.4, -0.2) is 12.1 Å². The zero-order valence-corrected chi connectivity index (χ0v) is 12.8. The third-order valence-electron chi connectivity index (χ3n) is 3.69. The number of hydrogen-bond donors (Lipinski definition) is 1. The summed E-state index contributed by atoms with van der Waals surface area (Å²) in [6.07, 6.45) is 2.98. The van der Waals surface area contributed by atoms with Crippen molar-refractivity contribution in [2.45, 2.75) is 31.4 Å². The maximum Gasteiger partial charge on any atom is 0.123 e. The quantitative estimate of drug-likeness (QED) is 0.926. The van der Waals surface area contributed by atoms with Gasteiger partial charge >= 0.3 is 0 Å². The molecule has 0 radical (unpaired) electrons. The maximum atomic E-state index is 6.27. The van der Waals surface area contributed by atoms with Crippen LogP contribution in [0.25, 0.3) is 0 Å². The fraction of sp³-hybridized carbons (Fsp3) is 0.294. The van der Waals surface area contributed by atoms with Crippen LogP contribution < -0.4 is 10.5 Å². The molecule has 2 aromatic rings. The fourth-order valence-corrected chi connectivity index (χ4v) is 2.99. The van der Waals surface area contributed by atoms with Crippen LogP contribution in [0.1, 0.15) is 17.5 Å². The number of nitrogens with two attached hydrogens (primary N) is 1. The van der Waals surface area contributed by atoms with E-state index in [1.807, 2.05) is 12.1 Å². The minimum absolute atomic E-state index is 0.135. The SMILES string of the molecule is NC(Cc1ccc(Br)cc1)CC1Cc2ccccc2O1. The van der Waals surface area contributed by atoms with E-state index in [2.05, 4.69) is 52.3 Å². The molecule has 0 aliphatic carbocycles. The standard InChI is InChI=1S/C17H18BrNO/c18-14-7-5-12(6-8-14)9-15(19)11-16-10-13-3-1-2-4-17(13)20-16/h1-8,15-16H,9-11,19H2. The Kier molecular flexibility index (Phi) is 4.08. The molecule has 1 aliphatic rings. The smallest absolute Gasteiger partial charge is 0.123 e. The molecule has 0 saturated carbocycles. The highest BCUT2D eigenvalue weighted by Crippen LogP contribution is 2.30. The van der Waals surface area contributed by atoms with Crippen molar-refractivity contribution in [3.05, 3.63) is 64.1 Å². The molecule has 104 valence electrons. The van der Waals surface area contributed by atoms with Gasteiger partial charge in [-0.3, -0.25) is 0 Å². The van der Waals surface area contributed by atoms with Crippen molar-refractivity contribution in [3.63, 3.8) is 0 Å². The van der Waals surface area contributed by atoms with Crippen LogP contribution in [0.15, 0.2) is 53.0 Å². The first-order valence-electron chi connectivity index (χ1n) is 6.95. The molecule has 2 unspecified atom stereocenters. The second kappa shape index (κ2) is 5.98. The lowest BCUT2D eigenvalue weighted by Crippen LogP contribution is -2.30. The molecule has 3 heteroatoms. The van der Waals surface area contributed by atoms with E-state index in [0.29, 0.717) is 0 Å². The van der Waals surface area contributed by atoms with Gasteiger partial charge in [0.2, 0.25) is 0 Å². The molecule has 2 atom stereocenters. The topological polar surface area (TPSA) is 35.2 Å². The number of ether oxygens (including phenoxy) is 1. The van der Waals surface area contributed by atoms with Crippen molar-refractivity contribution >= 4 is 15.9 Å². The number of fused-ring (bicyclic) bond motifs is 1. The predicted octanol–water partition coefficient (Wildman–Crippen LogP) is 3.71. The largest absolute Gasteiger partial charge is 0.490 e. The molecule has 0 spiro atoms. The minimum Gasteiger partial charge on any atom is -0.490 e. The first kappa shape index (κ1) is 13.7. The molecule has 1 aliphatic heterocycles. The van der Waals surface area contributed by atoms with Gasteiger partial charge in [0, 0.05) is 23.4 Å². The summed E-state index contributed by atoms with van der Waals surface area (Å²) in [5, 5.41) is 0. The van der Waals surface area contributed by atoms with Crippen LogP contribution in [0.5, 0.6) is 5.75 Å². The van der Waals surface area contributed by atoms with Crippen LogP contribution in [0.2, 0.25) is 0 Å². The van der Waals surface area contributed by atoms with Gasteiger partial charge in [0.05, 0.1) is 0 Å². The van der Waals surface area contributed by atoms with Crippen molar-refractivity contribution in [1.29, 1.82) is 0 Å². The van der Waals surface area contributed by atoms with Crippen molar-refractivity contribution in [1.82, 2.24) is 0 Å². The van der Waals surface area contributed by atoms with Crippen molar-refractivity contribution in [2.75, 3.05) is 0 Å². The molecule has 1 heterocycles. The lowest BCUT2D eigenvalue weighted by Gasteiger charge is -2.16. The zero-order chi connectivity index (χ0) is 13.9. The van der Waals surface area contributed by atoms with Crippen molar-refractivity contribution in [2.24, 2.45) is 5.73 Å². The summed E-state index contributed by atoms with van der Waals surface area (Å²) < 4.78 is 7.05. The summed E-state index contributed by atoms with van der Waals surface area (Å²) in [7, 11) is 0. The predicted molar refractivity (Wildman–Crippen MR) is 85.0 cm³/mol. The summed E-state index contributed by atoms with van der Waals surface area (Å²) in [5.74, 6) is 1.02. The van der Waals surface area contributed by atoms with Gasteiger partial charge in [-0.15, -0.1) is 0 Å². The van der Waals surface area contributed by atoms with Gasteiger partial charge < -0.3 is 10.5 Å². The monoisotopic (exact) mass is 331 g/mol. The van der Waals surface area contributed by atoms with E-state index in [-0.39, 0.29) is 12.1 Å². The van der Waals surface area contributed by atoms with E-state index in [4.69, 9.17) is 10.5 Å². The zero-order valence-electron chi connectivity index (χ0n) is 11.3. The lowest BCUT2D eigenvalue weighted by atomic mass is 9.99. The molecular formula is C17H18BrNO. The van der Waals surface area contributed by atoms with Crippen LogP contribution in [0, 0.1) is 0 Å².